The van der Waals surface area contributed by atoms with Gasteiger partial charge in [0.05, 0.1) is 32.8 Å². The normalized spacial score (nSPS) is 14.8. The van der Waals surface area contributed by atoms with Crippen molar-refractivity contribution < 1.29 is 30.2 Å². The molecule has 1 aliphatic carbocycles. The molecule has 2 heterocycles. The lowest BCUT2D eigenvalue weighted by Crippen LogP contribution is -2.19. The second-order valence-corrected chi connectivity index (χ2v) is 11.1. The molecule has 12 heteroatoms. The van der Waals surface area contributed by atoms with Crippen molar-refractivity contribution in [1.29, 1.82) is 5.26 Å². The van der Waals surface area contributed by atoms with E-state index in [2.05, 4.69) is 15.8 Å². The van der Waals surface area contributed by atoms with Gasteiger partial charge in [0.15, 0.2) is 5.43 Å². The third-order valence-electron chi connectivity index (χ3n) is 7.32. The number of aromatic amines is 1. The van der Waals surface area contributed by atoms with E-state index < -0.39 is 32.7 Å². The van der Waals surface area contributed by atoms with Crippen LogP contribution in [0, 0.1) is 11.3 Å². The first kappa shape index (κ1) is 25.9. The van der Waals surface area contributed by atoms with Crippen LogP contribution < -0.4 is 10.2 Å². The van der Waals surface area contributed by atoms with Gasteiger partial charge < -0.3 is 14.3 Å². The number of nitrogens with zero attached hydrogens (tertiary/aromatic N) is 2. The van der Waals surface area contributed by atoms with Gasteiger partial charge in [-0.25, -0.2) is 0 Å². The Labute approximate surface area is 224 Å². The summed E-state index contributed by atoms with van der Waals surface area (Å²) in [5, 5.41) is 10.1. The number of halogens is 4. The molecule has 40 heavy (non-hydrogen) atoms. The minimum atomic E-state index is -5.15. The fourth-order valence-corrected chi connectivity index (χ4v) is 6.17. The van der Waals surface area contributed by atoms with Gasteiger partial charge in [-0.1, -0.05) is 31.0 Å². The quantitative estimate of drug-likeness (QED) is 0.188. The van der Waals surface area contributed by atoms with Gasteiger partial charge in [-0.3, -0.25) is 4.79 Å². The maximum atomic E-state index is 13.9. The van der Waals surface area contributed by atoms with Crippen LogP contribution in [-0.2, 0) is 10.2 Å². The molecule has 1 fully saturated rings. The zero-order chi connectivity index (χ0) is 28.4. The average molecular weight is 570 g/mol. The summed E-state index contributed by atoms with van der Waals surface area (Å²) in [5.74, 6) is -0.727. The fourth-order valence-electron chi connectivity index (χ4n) is 5.66. The van der Waals surface area contributed by atoms with Gasteiger partial charge in [0.25, 0.3) is 0 Å². The highest BCUT2D eigenvalue weighted by atomic mass is 32.3. The van der Waals surface area contributed by atoms with E-state index in [1.807, 2.05) is 4.57 Å². The second kappa shape index (κ2) is 9.09. The first-order chi connectivity index (χ1) is 18.9. The standard InChI is InChI=1S/C28H19F4N3O4S/c29-28(30,31)39-24-13-21-23(12-20(24)16-4-3-7-18(11-16)40(32,37)38)35(17-5-1-2-6-17)27-25(26(21)36)19-9-8-15(14-33)10-22(19)34-27/h3-4,7-13,17,34H,1-2,5-6H2. The number of fused-ring (bicyclic) bond motifs is 4. The van der Waals surface area contributed by atoms with E-state index in [-0.39, 0.29) is 27.9 Å². The summed E-state index contributed by atoms with van der Waals surface area (Å²) >= 11 is 0. The molecule has 1 N–H and O–H groups in total. The van der Waals surface area contributed by atoms with Crippen molar-refractivity contribution >= 4 is 43.1 Å². The van der Waals surface area contributed by atoms with Gasteiger partial charge in [-0.15, -0.1) is 17.1 Å². The van der Waals surface area contributed by atoms with E-state index in [0.29, 0.717) is 27.6 Å². The predicted molar refractivity (Wildman–Crippen MR) is 140 cm³/mol. The number of ether oxygens (including phenoxy) is 1. The SMILES string of the molecule is N#Cc1ccc2c(c1)[nH]c1c2c(=O)c2cc(OC(F)(F)F)c(-c3cccc(S(=O)(=O)F)c3)cc2n1C1CCCC1. The molecular formula is C28H19F4N3O4S. The van der Waals surface area contributed by atoms with Gasteiger partial charge in [0.2, 0.25) is 0 Å². The van der Waals surface area contributed by atoms with Crippen molar-refractivity contribution in [2.45, 2.75) is 43.0 Å². The number of alkyl halides is 3. The molecule has 0 bridgehead atoms. The maximum absolute atomic E-state index is 13.9. The van der Waals surface area contributed by atoms with Crippen molar-refractivity contribution in [2.75, 3.05) is 0 Å². The number of nitrogens with one attached hydrogen (secondary N) is 1. The predicted octanol–water partition coefficient (Wildman–Crippen LogP) is 6.85. The lowest BCUT2D eigenvalue weighted by Gasteiger charge is -2.22. The first-order valence-electron chi connectivity index (χ1n) is 12.3. The minimum Gasteiger partial charge on any atom is -0.405 e. The zero-order valence-electron chi connectivity index (χ0n) is 20.5. The van der Waals surface area contributed by atoms with Gasteiger partial charge in [-0.2, -0.15) is 13.7 Å². The molecule has 0 amide bonds. The Morgan fingerprint density at radius 2 is 1.77 bits per heavy atom. The molecule has 0 atom stereocenters. The first-order valence-corrected chi connectivity index (χ1v) is 13.7. The minimum absolute atomic E-state index is 0.0260. The third-order valence-corrected chi connectivity index (χ3v) is 8.14. The summed E-state index contributed by atoms with van der Waals surface area (Å²) in [4.78, 5) is 16.4. The Kier molecular flexibility index (Phi) is 5.88. The van der Waals surface area contributed by atoms with Crippen LogP contribution in [0.2, 0.25) is 0 Å². The second-order valence-electron chi connectivity index (χ2n) is 9.74. The summed E-state index contributed by atoms with van der Waals surface area (Å²) in [6.45, 7) is 0. The maximum Gasteiger partial charge on any atom is 0.573 e. The summed E-state index contributed by atoms with van der Waals surface area (Å²) in [6, 6.07) is 13.6. The number of rotatable bonds is 4. The number of pyridine rings is 1. The highest BCUT2D eigenvalue weighted by molar-refractivity contribution is 7.86. The smallest absolute Gasteiger partial charge is 0.405 e. The number of aromatic nitrogens is 2. The van der Waals surface area contributed by atoms with Crippen LogP contribution in [0.5, 0.6) is 5.75 Å². The molecule has 2 aromatic heterocycles. The van der Waals surface area contributed by atoms with Crippen LogP contribution in [0.3, 0.4) is 0 Å². The lowest BCUT2D eigenvalue weighted by molar-refractivity contribution is -0.274. The Hall–Kier alpha value is -4.37. The lowest BCUT2D eigenvalue weighted by atomic mass is 10.00. The van der Waals surface area contributed by atoms with Gasteiger partial charge >= 0.3 is 16.6 Å². The van der Waals surface area contributed by atoms with Crippen LogP contribution in [0.4, 0.5) is 17.1 Å². The van der Waals surface area contributed by atoms with Gasteiger partial charge in [0.1, 0.15) is 11.4 Å². The third kappa shape index (κ3) is 4.36. The molecule has 0 radical (unpaired) electrons. The molecule has 0 aliphatic heterocycles. The van der Waals surface area contributed by atoms with Crippen molar-refractivity contribution in [3.05, 3.63) is 70.4 Å². The van der Waals surface area contributed by atoms with E-state index in [9.17, 15) is 35.5 Å². The fraction of sp³-hybridized carbons (Fsp3) is 0.214. The molecule has 204 valence electrons. The van der Waals surface area contributed by atoms with Crippen molar-refractivity contribution in [1.82, 2.24) is 9.55 Å². The van der Waals surface area contributed by atoms with Crippen LogP contribution in [-0.4, -0.2) is 24.3 Å². The molecule has 0 spiro atoms. The van der Waals surface area contributed by atoms with Crippen LogP contribution >= 0.6 is 0 Å². The number of hydrogen-bond donors (Lipinski definition) is 1. The summed E-state index contributed by atoms with van der Waals surface area (Å²) < 4.78 is 83.6. The number of H-pyrrole nitrogens is 1. The Morgan fingerprint density at radius 3 is 2.45 bits per heavy atom. The largest absolute Gasteiger partial charge is 0.573 e. The monoisotopic (exact) mass is 569 g/mol. The summed E-state index contributed by atoms with van der Waals surface area (Å²) in [6.07, 6.45) is -1.78. The molecule has 6 rings (SSSR count). The van der Waals surface area contributed by atoms with E-state index in [1.165, 1.54) is 18.2 Å². The molecule has 1 saturated carbocycles. The number of benzene rings is 3. The van der Waals surface area contributed by atoms with Crippen LogP contribution in [0.25, 0.3) is 44.0 Å². The summed E-state index contributed by atoms with van der Waals surface area (Å²) in [7, 11) is -5.15. The average Bonchev–Trinajstić information content (AvgIpc) is 3.55. The Bertz CT molecular complexity index is 2050. The molecule has 0 unspecified atom stereocenters. The van der Waals surface area contributed by atoms with Crippen molar-refractivity contribution in [2.24, 2.45) is 0 Å². The molecule has 5 aromatic rings. The molecular weight excluding hydrogens is 550 g/mol. The van der Waals surface area contributed by atoms with Gasteiger partial charge in [0, 0.05) is 22.5 Å². The van der Waals surface area contributed by atoms with Crippen molar-refractivity contribution in [3.63, 3.8) is 0 Å². The topological polar surface area (TPSA) is 105 Å². The van der Waals surface area contributed by atoms with Crippen LogP contribution in [0.1, 0.15) is 37.3 Å². The van der Waals surface area contributed by atoms with E-state index in [0.717, 1.165) is 43.9 Å². The molecule has 0 saturated heterocycles. The number of hydrogen-bond acceptors (Lipinski definition) is 5. The van der Waals surface area contributed by atoms with E-state index in [4.69, 9.17) is 0 Å². The zero-order valence-corrected chi connectivity index (χ0v) is 21.4. The van der Waals surface area contributed by atoms with E-state index in [1.54, 1.807) is 18.2 Å². The highest BCUT2D eigenvalue weighted by Crippen LogP contribution is 2.41. The number of nitriles is 1. The Morgan fingerprint density at radius 1 is 1.02 bits per heavy atom. The van der Waals surface area contributed by atoms with Crippen LogP contribution in [0.15, 0.2) is 64.3 Å². The molecule has 3 aromatic carbocycles. The highest BCUT2D eigenvalue weighted by Gasteiger charge is 2.33. The van der Waals surface area contributed by atoms with Crippen molar-refractivity contribution in [3.8, 4) is 22.9 Å². The Balaban J connectivity index is 1.76. The van der Waals surface area contributed by atoms with E-state index >= 15 is 0 Å². The summed E-state index contributed by atoms with van der Waals surface area (Å²) in [5.41, 5.74) is 0.938. The molecule has 7 nitrogen and oxygen atoms in total. The van der Waals surface area contributed by atoms with Gasteiger partial charge in [-0.05, 0) is 54.8 Å². The molecule has 1 aliphatic rings.